The minimum absolute atomic E-state index is 0.0794. The Morgan fingerprint density at radius 3 is 2.35 bits per heavy atom. The number of nitrogens with zero attached hydrogens (tertiary/aromatic N) is 1. The fourth-order valence-electron chi connectivity index (χ4n) is 2.24. The molecular formula is C19H24N2OS. The first kappa shape index (κ1) is 17.4. The first-order valence-electron chi connectivity index (χ1n) is 7.92. The Morgan fingerprint density at radius 1 is 1.09 bits per heavy atom. The second-order valence-corrected chi connectivity index (χ2v) is 6.89. The van der Waals surface area contributed by atoms with Gasteiger partial charge in [0.05, 0.1) is 5.25 Å². The summed E-state index contributed by atoms with van der Waals surface area (Å²) in [6, 6.07) is 20.3. The van der Waals surface area contributed by atoms with Crippen molar-refractivity contribution in [2.45, 2.75) is 23.5 Å². The number of para-hydroxylation sites is 1. The predicted octanol–water partition coefficient (Wildman–Crippen LogP) is 3.81. The lowest BCUT2D eigenvalue weighted by Gasteiger charge is -2.19. The summed E-state index contributed by atoms with van der Waals surface area (Å²) in [6.07, 6.45) is 0.930. The van der Waals surface area contributed by atoms with Gasteiger partial charge in [-0.25, -0.2) is 0 Å². The van der Waals surface area contributed by atoms with Crippen molar-refractivity contribution in [1.29, 1.82) is 0 Å². The van der Waals surface area contributed by atoms with Gasteiger partial charge in [0.15, 0.2) is 0 Å². The van der Waals surface area contributed by atoms with Crippen LogP contribution in [0.15, 0.2) is 65.6 Å². The lowest BCUT2D eigenvalue weighted by atomic mass is 10.3. The number of rotatable bonds is 8. The molecule has 0 aliphatic carbocycles. The van der Waals surface area contributed by atoms with E-state index in [9.17, 15) is 4.79 Å². The number of amides is 1. The monoisotopic (exact) mass is 328 g/mol. The van der Waals surface area contributed by atoms with E-state index in [-0.39, 0.29) is 11.2 Å². The van der Waals surface area contributed by atoms with Crippen molar-refractivity contribution in [3.8, 4) is 0 Å². The van der Waals surface area contributed by atoms with Crippen LogP contribution in [0.5, 0.6) is 0 Å². The van der Waals surface area contributed by atoms with Crippen LogP contribution >= 0.6 is 11.8 Å². The zero-order valence-electron chi connectivity index (χ0n) is 13.7. The fourth-order valence-corrected chi connectivity index (χ4v) is 3.15. The van der Waals surface area contributed by atoms with Gasteiger partial charge in [-0.1, -0.05) is 36.4 Å². The van der Waals surface area contributed by atoms with Gasteiger partial charge in [-0.2, -0.15) is 0 Å². The van der Waals surface area contributed by atoms with Gasteiger partial charge in [0.1, 0.15) is 0 Å². The van der Waals surface area contributed by atoms with E-state index in [1.165, 1.54) is 5.69 Å². The number of carbonyl (C=O) groups is 1. The summed E-state index contributed by atoms with van der Waals surface area (Å²) in [4.78, 5) is 15.4. The third-order valence-corrected chi connectivity index (χ3v) is 4.70. The van der Waals surface area contributed by atoms with Crippen LogP contribution < -0.4 is 10.2 Å². The molecule has 2 aromatic rings. The van der Waals surface area contributed by atoms with Crippen molar-refractivity contribution in [3.05, 3.63) is 60.7 Å². The van der Waals surface area contributed by atoms with Gasteiger partial charge >= 0.3 is 0 Å². The smallest absolute Gasteiger partial charge is 0.233 e. The van der Waals surface area contributed by atoms with Crippen molar-refractivity contribution >= 4 is 23.4 Å². The van der Waals surface area contributed by atoms with Gasteiger partial charge in [-0.05, 0) is 37.6 Å². The van der Waals surface area contributed by atoms with Crippen molar-refractivity contribution in [2.24, 2.45) is 0 Å². The third kappa shape index (κ3) is 5.99. The Kier molecular flexibility index (Phi) is 7.01. The minimum atomic E-state index is -0.0794. The number of hydrogen-bond acceptors (Lipinski definition) is 3. The van der Waals surface area contributed by atoms with Gasteiger partial charge in [0, 0.05) is 30.7 Å². The molecule has 0 bridgehead atoms. The topological polar surface area (TPSA) is 32.3 Å². The van der Waals surface area contributed by atoms with E-state index < -0.39 is 0 Å². The molecule has 2 aromatic carbocycles. The number of hydrogen-bond donors (Lipinski definition) is 1. The molecule has 122 valence electrons. The van der Waals surface area contributed by atoms with Gasteiger partial charge in [-0.3, -0.25) is 4.79 Å². The van der Waals surface area contributed by atoms with E-state index in [2.05, 4.69) is 29.4 Å². The molecule has 0 aromatic heterocycles. The van der Waals surface area contributed by atoms with E-state index in [1.54, 1.807) is 11.8 Å². The highest BCUT2D eigenvalue weighted by molar-refractivity contribution is 8.00. The van der Waals surface area contributed by atoms with Crippen molar-refractivity contribution in [3.63, 3.8) is 0 Å². The Hall–Kier alpha value is -1.94. The number of benzene rings is 2. The predicted molar refractivity (Wildman–Crippen MR) is 99.1 cm³/mol. The molecule has 3 nitrogen and oxygen atoms in total. The molecule has 0 spiro atoms. The lowest BCUT2D eigenvalue weighted by molar-refractivity contribution is -0.120. The maximum absolute atomic E-state index is 12.1. The number of carbonyl (C=O) groups excluding carboxylic acids is 1. The van der Waals surface area contributed by atoms with Crippen molar-refractivity contribution in [1.82, 2.24) is 5.32 Å². The summed E-state index contributed by atoms with van der Waals surface area (Å²) < 4.78 is 0. The van der Waals surface area contributed by atoms with E-state index in [0.29, 0.717) is 6.54 Å². The molecule has 0 aliphatic rings. The van der Waals surface area contributed by atoms with Crippen molar-refractivity contribution < 1.29 is 4.79 Å². The molecule has 1 N–H and O–H groups in total. The van der Waals surface area contributed by atoms with Crippen molar-refractivity contribution in [2.75, 3.05) is 25.0 Å². The Balaban J connectivity index is 1.66. The molecule has 0 radical (unpaired) electrons. The van der Waals surface area contributed by atoms with E-state index in [0.717, 1.165) is 17.9 Å². The molecule has 0 saturated carbocycles. The summed E-state index contributed by atoms with van der Waals surface area (Å²) in [5, 5.41) is 2.94. The fraction of sp³-hybridized carbons (Fsp3) is 0.316. The van der Waals surface area contributed by atoms with Crippen LogP contribution in [0.25, 0.3) is 0 Å². The van der Waals surface area contributed by atoms with E-state index in [4.69, 9.17) is 0 Å². The van der Waals surface area contributed by atoms with Crippen LogP contribution in [0.1, 0.15) is 13.3 Å². The number of nitrogens with one attached hydrogen (secondary N) is 1. The highest BCUT2D eigenvalue weighted by atomic mass is 32.2. The van der Waals surface area contributed by atoms with E-state index >= 15 is 0 Å². The van der Waals surface area contributed by atoms with Gasteiger partial charge < -0.3 is 10.2 Å². The first-order valence-corrected chi connectivity index (χ1v) is 8.80. The Morgan fingerprint density at radius 2 is 1.70 bits per heavy atom. The second-order valence-electron chi connectivity index (χ2n) is 5.47. The molecule has 1 atom stereocenters. The van der Waals surface area contributed by atoms with Crippen LogP contribution in [0.4, 0.5) is 5.69 Å². The van der Waals surface area contributed by atoms with Crippen LogP contribution in [-0.2, 0) is 4.79 Å². The molecule has 0 heterocycles. The molecule has 0 saturated heterocycles. The summed E-state index contributed by atoms with van der Waals surface area (Å²) in [5.41, 5.74) is 1.20. The maximum Gasteiger partial charge on any atom is 0.233 e. The Labute approximate surface area is 143 Å². The molecular weight excluding hydrogens is 304 g/mol. The summed E-state index contributed by atoms with van der Waals surface area (Å²) in [7, 11) is 2.07. The van der Waals surface area contributed by atoms with E-state index in [1.807, 2.05) is 55.5 Å². The van der Waals surface area contributed by atoms with Gasteiger partial charge in [0.25, 0.3) is 0 Å². The highest BCUT2D eigenvalue weighted by Gasteiger charge is 2.13. The van der Waals surface area contributed by atoms with Crippen LogP contribution in [-0.4, -0.2) is 31.3 Å². The molecule has 2 rings (SSSR count). The summed E-state index contributed by atoms with van der Waals surface area (Å²) >= 11 is 1.59. The normalized spacial score (nSPS) is 11.7. The van der Waals surface area contributed by atoms with Gasteiger partial charge in [-0.15, -0.1) is 11.8 Å². The van der Waals surface area contributed by atoms with Crippen LogP contribution in [0, 0.1) is 0 Å². The maximum atomic E-state index is 12.1. The highest BCUT2D eigenvalue weighted by Crippen LogP contribution is 2.22. The molecule has 1 amide bonds. The first-order chi connectivity index (χ1) is 11.2. The zero-order chi connectivity index (χ0) is 16.5. The number of thioether (sulfide) groups is 1. The average molecular weight is 328 g/mol. The molecule has 4 heteroatoms. The molecule has 0 aliphatic heterocycles. The largest absolute Gasteiger partial charge is 0.375 e. The minimum Gasteiger partial charge on any atom is -0.375 e. The third-order valence-electron chi connectivity index (χ3n) is 3.59. The molecule has 0 fully saturated rings. The van der Waals surface area contributed by atoms with Crippen LogP contribution in [0.2, 0.25) is 0 Å². The standard InChI is InChI=1S/C19H24N2OS/c1-16(23-18-12-7-4-8-13-18)19(22)20-14-9-15-21(2)17-10-5-3-6-11-17/h3-8,10-13,16H,9,14-15H2,1-2H3,(H,20,22)/t16-/m0/s1. The van der Waals surface area contributed by atoms with Gasteiger partial charge in [0.2, 0.25) is 5.91 Å². The second kappa shape index (κ2) is 9.26. The number of anilines is 1. The quantitative estimate of drug-likeness (QED) is 0.591. The van der Waals surface area contributed by atoms with Crippen LogP contribution in [0.3, 0.4) is 0 Å². The SMILES string of the molecule is C[C@H](Sc1ccccc1)C(=O)NCCCN(C)c1ccccc1. The summed E-state index contributed by atoms with van der Waals surface area (Å²) in [6.45, 7) is 3.57. The lowest BCUT2D eigenvalue weighted by Crippen LogP contribution is -2.33. The zero-order valence-corrected chi connectivity index (χ0v) is 14.6. The molecule has 23 heavy (non-hydrogen) atoms. The Bertz CT molecular complexity index is 589. The summed E-state index contributed by atoms with van der Waals surface area (Å²) in [5.74, 6) is 0.0983. The molecule has 0 unspecified atom stereocenters. The average Bonchev–Trinajstić information content (AvgIpc) is 2.60.